The van der Waals surface area contributed by atoms with Crippen LogP contribution >= 0.6 is 0 Å². The highest BCUT2D eigenvalue weighted by Gasteiger charge is 2.18. The molecule has 22 heavy (non-hydrogen) atoms. The van der Waals surface area contributed by atoms with Crippen molar-refractivity contribution < 1.29 is 28.7 Å². The van der Waals surface area contributed by atoms with Crippen molar-refractivity contribution in [3.8, 4) is 0 Å². The molecule has 8 heteroatoms. The van der Waals surface area contributed by atoms with Crippen molar-refractivity contribution in [2.75, 3.05) is 13.2 Å². The molecule has 1 rings (SSSR count). The first-order chi connectivity index (χ1) is 10.5. The number of rotatable bonds is 6. The van der Waals surface area contributed by atoms with Crippen LogP contribution in [-0.4, -0.2) is 43.1 Å². The smallest absolute Gasteiger partial charge is 0.331 e. The first-order valence-electron chi connectivity index (χ1n) is 7.13. The lowest BCUT2D eigenvalue weighted by Gasteiger charge is -2.12. The van der Waals surface area contributed by atoms with E-state index in [-0.39, 0.29) is 12.6 Å². The predicted molar refractivity (Wildman–Crippen MR) is 75.7 cm³/mol. The number of hydrogen-bond donors (Lipinski definition) is 2. The fourth-order valence-electron chi connectivity index (χ4n) is 1.97. The quantitative estimate of drug-likeness (QED) is 0.543. The highest BCUT2D eigenvalue weighted by molar-refractivity contribution is 5.97. The van der Waals surface area contributed by atoms with Gasteiger partial charge in [-0.3, -0.25) is 10.1 Å². The van der Waals surface area contributed by atoms with Gasteiger partial charge in [-0.05, 0) is 19.8 Å². The van der Waals surface area contributed by atoms with Gasteiger partial charge in [0, 0.05) is 18.2 Å². The van der Waals surface area contributed by atoms with Crippen molar-refractivity contribution in [1.82, 2.24) is 10.6 Å². The second-order valence-electron chi connectivity index (χ2n) is 4.70. The number of imide groups is 1. The molecular weight excluding hydrogens is 292 g/mol. The molecule has 3 amide bonds. The van der Waals surface area contributed by atoms with E-state index in [0.29, 0.717) is 0 Å². The van der Waals surface area contributed by atoms with Gasteiger partial charge in [0.1, 0.15) is 0 Å². The molecule has 0 atom stereocenters. The number of amides is 3. The minimum atomic E-state index is -0.876. The summed E-state index contributed by atoms with van der Waals surface area (Å²) in [5, 5.41) is 4.73. The van der Waals surface area contributed by atoms with E-state index in [1.165, 1.54) is 0 Å². The summed E-state index contributed by atoms with van der Waals surface area (Å²) in [6.45, 7) is 1.21. The monoisotopic (exact) mass is 312 g/mol. The van der Waals surface area contributed by atoms with Crippen molar-refractivity contribution in [2.45, 2.75) is 38.6 Å². The van der Waals surface area contributed by atoms with Crippen LogP contribution in [0.4, 0.5) is 4.79 Å². The van der Waals surface area contributed by atoms with Crippen LogP contribution in [-0.2, 0) is 23.9 Å². The summed E-state index contributed by atoms with van der Waals surface area (Å²) in [4.78, 5) is 45.1. The zero-order valence-electron chi connectivity index (χ0n) is 12.4. The summed E-state index contributed by atoms with van der Waals surface area (Å²) in [6.07, 6.45) is 5.66. The van der Waals surface area contributed by atoms with Gasteiger partial charge in [-0.2, -0.15) is 0 Å². The van der Waals surface area contributed by atoms with Gasteiger partial charge < -0.3 is 14.8 Å². The Kier molecular flexibility index (Phi) is 7.66. The van der Waals surface area contributed by atoms with Gasteiger partial charge in [0.2, 0.25) is 0 Å². The zero-order chi connectivity index (χ0) is 16.4. The molecule has 1 fully saturated rings. The number of esters is 2. The Bertz CT molecular complexity index is 454. The average Bonchev–Trinajstić information content (AvgIpc) is 2.96. The summed E-state index contributed by atoms with van der Waals surface area (Å²) in [5.74, 6) is -2.30. The Morgan fingerprint density at radius 3 is 2.23 bits per heavy atom. The first-order valence-corrected chi connectivity index (χ1v) is 7.13. The van der Waals surface area contributed by atoms with E-state index in [1.54, 1.807) is 6.92 Å². The fourth-order valence-corrected chi connectivity index (χ4v) is 1.97. The lowest BCUT2D eigenvalue weighted by atomic mass is 10.2. The molecule has 0 spiro atoms. The van der Waals surface area contributed by atoms with Crippen LogP contribution in [0.2, 0.25) is 0 Å². The Morgan fingerprint density at radius 2 is 1.64 bits per heavy atom. The third kappa shape index (κ3) is 7.41. The van der Waals surface area contributed by atoms with Gasteiger partial charge in [-0.25, -0.2) is 14.4 Å². The molecule has 0 aromatic carbocycles. The normalized spacial score (nSPS) is 14.6. The molecule has 0 unspecified atom stereocenters. The van der Waals surface area contributed by atoms with Crippen LogP contribution in [0, 0.1) is 0 Å². The van der Waals surface area contributed by atoms with Gasteiger partial charge in [0.15, 0.2) is 6.61 Å². The van der Waals surface area contributed by atoms with Crippen LogP contribution in [0.15, 0.2) is 12.2 Å². The van der Waals surface area contributed by atoms with Gasteiger partial charge >= 0.3 is 18.0 Å². The second-order valence-corrected chi connectivity index (χ2v) is 4.70. The van der Waals surface area contributed by atoms with Crippen molar-refractivity contribution in [3.05, 3.63) is 12.2 Å². The van der Waals surface area contributed by atoms with Crippen molar-refractivity contribution in [2.24, 2.45) is 0 Å². The zero-order valence-corrected chi connectivity index (χ0v) is 12.4. The third-order valence-corrected chi connectivity index (χ3v) is 2.93. The Labute approximate surface area is 128 Å². The lowest BCUT2D eigenvalue weighted by Crippen LogP contribution is -2.44. The minimum Gasteiger partial charge on any atom is -0.463 e. The summed E-state index contributed by atoms with van der Waals surface area (Å²) in [7, 11) is 0. The molecule has 8 nitrogen and oxygen atoms in total. The Hall–Kier alpha value is -2.38. The molecule has 122 valence electrons. The van der Waals surface area contributed by atoms with Gasteiger partial charge in [0.05, 0.1) is 6.61 Å². The number of hydrogen-bond acceptors (Lipinski definition) is 6. The maximum atomic E-state index is 11.5. The summed E-state index contributed by atoms with van der Waals surface area (Å²) < 4.78 is 9.15. The Balaban J connectivity index is 2.20. The van der Waals surface area contributed by atoms with Gasteiger partial charge in [0.25, 0.3) is 5.91 Å². The van der Waals surface area contributed by atoms with E-state index in [4.69, 9.17) is 0 Å². The molecule has 1 aliphatic rings. The molecule has 1 saturated carbocycles. The van der Waals surface area contributed by atoms with Crippen LogP contribution < -0.4 is 10.6 Å². The third-order valence-electron chi connectivity index (χ3n) is 2.93. The van der Waals surface area contributed by atoms with Crippen LogP contribution in [0.3, 0.4) is 0 Å². The summed E-state index contributed by atoms with van der Waals surface area (Å²) in [6, 6.07) is -0.516. The highest BCUT2D eigenvalue weighted by atomic mass is 16.5. The summed E-state index contributed by atoms with van der Waals surface area (Å²) >= 11 is 0. The van der Waals surface area contributed by atoms with Crippen molar-refractivity contribution in [1.29, 1.82) is 0 Å². The average molecular weight is 312 g/mol. The lowest BCUT2D eigenvalue weighted by molar-refractivity contribution is -0.144. The van der Waals surface area contributed by atoms with Gasteiger partial charge in [-0.1, -0.05) is 12.8 Å². The molecule has 0 bridgehead atoms. The van der Waals surface area contributed by atoms with E-state index >= 15 is 0 Å². The molecule has 0 heterocycles. The fraction of sp³-hybridized carbons (Fsp3) is 0.571. The number of ether oxygens (including phenoxy) is 2. The van der Waals surface area contributed by atoms with Crippen molar-refractivity contribution in [3.63, 3.8) is 0 Å². The topological polar surface area (TPSA) is 111 Å². The molecule has 0 saturated heterocycles. The molecular formula is C14H20N2O6. The maximum Gasteiger partial charge on any atom is 0.331 e. The standard InChI is InChI=1S/C14H20N2O6/c1-2-21-12(18)7-8-13(19)22-9-11(17)16-14(20)15-10-5-3-4-6-10/h7-8,10H,2-6,9H2,1H3,(H2,15,16,17,20). The largest absolute Gasteiger partial charge is 0.463 e. The minimum absolute atomic E-state index is 0.0860. The van der Waals surface area contributed by atoms with Crippen molar-refractivity contribution >= 4 is 23.9 Å². The summed E-state index contributed by atoms with van der Waals surface area (Å²) in [5.41, 5.74) is 0. The van der Waals surface area contributed by atoms with Crippen LogP contribution in [0.5, 0.6) is 0 Å². The van der Waals surface area contributed by atoms with Crippen LogP contribution in [0.1, 0.15) is 32.6 Å². The van der Waals surface area contributed by atoms with Gasteiger partial charge in [-0.15, -0.1) is 0 Å². The molecule has 1 aliphatic carbocycles. The molecule has 0 radical (unpaired) electrons. The Morgan fingerprint density at radius 1 is 1.05 bits per heavy atom. The SMILES string of the molecule is CCOC(=O)C=CC(=O)OCC(=O)NC(=O)NC1CCCC1. The number of carbonyl (C=O) groups is 4. The van der Waals surface area contributed by atoms with Crippen LogP contribution in [0.25, 0.3) is 0 Å². The number of carbonyl (C=O) groups excluding carboxylic acids is 4. The molecule has 0 aliphatic heterocycles. The maximum absolute atomic E-state index is 11.5. The number of urea groups is 1. The van der Waals surface area contributed by atoms with E-state index < -0.39 is 30.5 Å². The predicted octanol–water partition coefficient (Wildman–Crippen LogP) is 0.417. The second kappa shape index (κ2) is 9.54. The number of nitrogens with one attached hydrogen (secondary N) is 2. The molecule has 0 aromatic heterocycles. The van der Waals surface area contributed by atoms with E-state index in [1.807, 2.05) is 0 Å². The van der Waals surface area contributed by atoms with E-state index in [9.17, 15) is 19.2 Å². The highest BCUT2D eigenvalue weighted by Crippen LogP contribution is 2.17. The first kappa shape index (κ1) is 17.7. The molecule has 0 aromatic rings. The van der Waals surface area contributed by atoms with E-state index in [0.717, 1.165) is 37.8 Å². The molecule has 2 N–H and O–H groups in total. The van der Waals surface area contributed by atoms with E-state index in [2.05, 4.69) is 20.1 Å².